The molecular formula is C16H21N3O. The highest BCUT2D eigenvalue weighted by Gasteiger charge is 2.27. The number of aryl methyl sites for hydroxylation is 1. The normalized spacial score (nSPS) is 19.2. The van der Waals surface area contributed by atoms with Crippen LogP contribution < -0.4 is 10.5 Å². The number of hydrogen-bond acceptors (Lipinski definition) is 3. The topological polar surface area (TPSA) is 53.1 Å². The summed E-state index contributed by atoms with van der Waals surface area (Å²) in [5.41, 5.74) is 8.82. The first-order chi connectivity index (χ1) is 9.79. The molecule has 0 spiro atoms. The second-order valence-electron chi connectivity index (χ2n) is 5.39. The predicted octanol–water partition coefficient (Wildman–Crippen LogP) is 2.54. The minimum atomic E-state index is -0.0302. The lowest BCUT2D eigenvalue weighted by Gasteiger charge is -2.29. The fraction of sp³-hybridized carbons (Fsp3) is 0.438. The Hall–Kier alpha value is -1.81. The second kappa shape index (κ2) is 5.67. The molecule has 0 saturated carbocycles. The lowest BCUT2D eigenvalue weighted by molar-refractivity contribution is 0.196. The lowest BCUT2D eigenvalue weighted by atomic mass is 9.89. The Bertz CT molecular complexity index is 579. The molecule has 2 N–H and O–H groups in total. The average molecular weight is 271 g/mol. The first-order valence-electron chi connectivity index (χ1n) is 7.27. The van der Waals surface area contributed by atoms with E-state index in [0.29, 0.717) is 12.5 Å². The summed E-state index contributed by atoms with van der Waals surface area (Å²) in [5.74, 6) is 1.30. The van der Waals surface area contributed by atoms with Crippen molar-refractivity contribution in [3.8, 4) is 5.75 Å². The Labute approximate surface area is 119 Å². The van der Waals surface area contributed by atoms with Gasteiger partial charge >= 0.3 is 0 Å². The van der Waals surface area contributed by atoms with Crippen LogP contribution in [0.5, 0.6) is 5.75 Å². The predicted molar refractivity (Wildman–Crippen MR) is 78.6 cm³/mol. The third-order valence-corrected chi connectivity index (χ3v) is 3.94. The van der Waals surface area contributed by atoms with Crippen LogP contribution in [0.2, 0.25) is 0 Å². The highest BCUT2D eigenvalue weighted by Crippen LogP contribution is 2.32. The van der Waals surface area contributed by atoms with Crippen LogP contribution in [0.4, 0.5) is 0 Å². The Morgan fingerprint density at radius 1 is 1.40 bits per heavy atom. The molecule has 2 heterocycles. The van der Waals surface area contributed by atoms with E-state index in [1.165, 1.54) is 5.56 Å². The maximum atomic E-state index is 6.46. The van der Waals surface area contributed by atoms with Crippen molar-refractivity contribution in [3.05, 3.63) is 47.8 Å². The standard InChI is InChI=1S/C16H21N3O/c1-2-9-19-14(7-8-18-19)16(17)13-10-12-5-3-4-6-15(12)20-11-13/h3-8,13,16H,2,9-11,17H2,1H3. The molecule has 4 nitrogen and oxygen atoms in total. The first-order valence-corrected chi connectivity index (χ1v) is 7.27. The summed E-state index contributed by atoms with van der Waals surface area (Å²) < 4.78 is 7.86. The van der Waals surface area contributed by atoms with Gasteiger partial charge in [-0.25, -0.2) is 0 Å². The van der Waals surface area contributed by atoms with Gasteiger partial charge in [0.1, 0.15) is 5.75 Å². The molecule has 0 bridgehead atoms. The SMILES string of the molecule is CCCn1nccc1C(N)C1COc2ccccc2C1. The quantitative estimate of drug-likeness (QED) is 0.929. The van der Waals surface area contributed by atoms with Gasteiger partial charge in [0.2, 0.25) is 0 Å². The van der Waals surface area contributed by atoms with Crippen LogP contribution in [0.25, 0.3) is 0 Å². The Balaban J connectivity index is 1.78. The number of hydrogen-bond donors (Lipinski definition) is 1. The van der Waals surface area contributed by atoms with Crippen molar-refractivity contribution in [1.82, 2.24) is 9.78 Å². The summed E-state index contributed by atoms with van der Waals surface area (Å²) in [5, 5.41) is 4.36. The number of para-hydroxylation sites is 1. The van der Waals surface area contributed by atoms with Gasteiger partial charge in [-0.2, -0.15) is 5.10 Å². The van der Waals surface area contributed by atoms with E-state index in [1.54, 1.807) is 0 Å². The van der Waals surface area contributed by atoms with Crippen molar-refractivity contribution in [2.45, 2.75) is 32.4 Å². The number of aromatic nitrogens is 2. The van der Waals surface area contributed by atoms with Crippen LogP contribution in [-0.2, 0) is 13.0 Å². The molecule has 1 aliphatic heterocycles. The van der Waals surface area contributed by atoms with Gasteiger partial charge in [-0.1, -0.05) is 25.1 Å². The molecule has 1 aromatic heterocycles. The second-order valence-corrected chi connectivity index (χ2v) is 5.39. The van der Waals surface area contributed by atoms with Gasteiger partial charge in [-0.05, 0) is 30.5 Å². The zero-order chi connectivity index (χ0) is 13.9. The molecule has 2 unspecified atom stereocenters. The van der Waals surface area contributed by atoms with Crippen molar-refractivity contribution in [2.75, 3.05) is 6.61 Å². The number of fused-ring (bicyclic) bond motifs is 1. The monoisotopic (exact) mass is 271 g/mol. The van der Waals surface area contributed by atoms with Crippen LogP contribution in [0, 0.1) is 5.92 Å². The molecule has 1 aromatic carbocycles. The van der Waals surface area contributed by atoms with E-state index < -0.39 is 0 Å². The highest BCUT2D eigenvalue weighted by molar-refractivity contribution is 5.35. The number of rotatable bonds is 4. The number of nitrogens with zero attached hydrogens (tertiary/aromatic N) is 2. The molecule has 20 heavy (non-hydrogen) atoms. The van der Waals surface area contributed by atoms with E-state index in [9.17, 15) is 0 Å². The van der Waals surface area contributed by atoms with Crippen LogP contribution >= 0.6 is 0 Å². The van der Waals surface area contributed by atoms with Crippen LogP contribution in [0.1, 0.15) is 30.6 Å². The van der Waals surface area contributed by atoms with Crippen molar-refractivity contribution in [1.29, 1.82) is 0 Å². The first kappa shape index (κ1) is 13.2. The molecule has 2 aromatic rings. The smallest absolute Gasteiger partial charge is 0.122 e. The van der Waals surface area contributed by atoms with Crippen LogP contribution in [-0.4, -0.2) is 16.4 Å². The van der Waals surface area contributed by atoms with E-state index in [1.807, 2.05) is 29.1 Å². The summed E-state index contributed by atoms with van der Waals surface area (Å²) in [4.78, 5) is 0. The van der Waals surface area contributed by atoms with Gasteiger partial charge < -0.3 is 10.5 Å². The molecule has 0 amide bonds. The number of nitrogens with two attached hydrogens (primary N) is 1. The molecule has 0 aliphatic carbocycles. The molecule has 4 heteroatoms. The van der Waals surface area contributed by atoms with Crippen LogP contribution in [0.3, 0.4) is 0 Å². The van der Waals surface area contributed by atoms with E-state index in [-0.39, 0.29) is 6.04 Å². The van der Waals surface area contributed by atoms with E-state index >= 15 is 0 Å². The third kappa shape index (κ3) is 2.43. The van der Waals surface area contributed by atoms with Gasteiger partial charge in [-0.15, -0.1) is 0 Å². The summed E-state index contributed by atoms with van der Waals surface area (Å²) in [6.07, 6.45) is 3.86. The Morgan fingerprint density at radius 2 is 2.25 bits per heavy atom. The molecule has 1 aliphatic rings. The average Bonchev–Trinajstić information content (AvgIpc) is 2.94. The molecule has 0 fully saturated rings. The van der Waals surface area contributed by atoms with Gasteiger partial charge in [0.15, 0.2) is 0 Å². The van der Waals surface area contributed by atoms with Gasteiger partial charge in [0, 0.05) is 18.7 Å². The molecule has 0 saturated heterocycles. The number of ether oxygens (including phenoxy) is 1. The largest absolute Gasteiger partial charge is 0.493 e. The van der Waals surface area contributed by atoms with Gasteiger partial charge in [0.05, 0.1) is 18.3 Å². The minimum Gasteiger partial charge on any atom is -0.493 e. The Morgan fingerprint density at radius 3 is 3.10 bits per heavy atom. The third-order valence-electron chi connectivity index (χ3n) is 3.94. The molecule has 2 atom stereocenters. The molecule has 106 valence electrons. The van der Waals surface area contributed by atoms with E-state index in [2.05, 4.69) is 24.2 Å². The highest BCUT2D eigenvalue weighted by atomic mass is 16.5. The summed E-state index contributed by atoms with van der Waals surface area (Å²) in [6, 6.07) is 10.2. The van der Waals surface area contributed by atoms with E-state index in [0.717, 1.165) is 30.8 Å². The zero-order valence-electron chi connectivity index (χ0n) is 11.8. The van der Waals surface area contributed by atoms with E-state index in [4.69, 9.17) is 10.5 Å². The van der Waals surface area contributed by atoms with Gasteiger partial charge in [-0.3, -0.25) is 4.68 Å². The Kier molecular flexibility index (Phi) is 3.74. The van der Waals surface area contributed by atoms with Crippen LogP contribution in [0.15, 0.2) is 36.5 Å². The van der Waals surface area contributed by atoms with Crippen molar-refractivity contribution >= 4 is 0 Å². The van der Waals surface area contributed by atoms with Crippen molar-refractivity contribution < 1.29 is 4.74 Å². The minimum absolute atomic E-state index is 0.0302. The van der Waals surface area contributed by atoms with Crippen molar-refractivity contribution in [3.63, 3.8) is 0 Å². The summed E-state index contributed by atoms with van der Waals surface area (Å²) >= 11 is 0. The maximum Gasteiger partial charge on any atom is 0.122 e. The van der Waals surface area contributed by atoms with Gasteiger partial charge in [0.25, 0.3) is 0 Å². The zero-order valence-corrected chi connectivity index (χ0v) is 11.8. The van der Waals surface area contributed by atoms with Crippen molar-refractivity contribution in [2.24, 2.45) is 11.7 Å². The summed E-state index contributed by atoms with van der Waals surface area (Å²) in [7, 11) is 0. The number of benzene rings is 1. The molecule has 0 radical (unpaired) electrons. The molecular weight excluding hydrogens is 250 g/mol. The molecule has 3 rings (SSSR count). The fourth-order valence-electron chi connectivity index (χ4n) is 2.85. The lowest BCUT2D eigenvalue weighted by Crippen LogP contribution is -2.33. The maximum absolute atomic E-state index is 6.46. The summed E-state index contributed by atoms with van der Waals surface area (Å²) in [6.45, 7) is 3.74. The fourth-order valence-corrected chi connectivity index (χ4v) is 2.85.